The van der Waals surface area contributed by atoms with Crippen molar-refractivity contribution in [3.63, 3.8) is 0 Å². The first kappa shape index (κ1) is 14.7. The standard InChI is InChI=1S/C9H20O2.ClH/c1-2-3-4-5-6-7-8-9(10)11;/h9-11H,2-8H2,1H3;1H. The van der Waals surface area contributed by atoms with E-state index < -0.39 is 6.29 Å². The Morgan fingerprint density at radius 3 is 1.92 bits per heavy atom. The first-order valence-corrected chi connectivity index (χ1v) is 4.63. The lowest BCUT2D eigenvalue weighted by molar-refractivity contribution is -0.0466. The Balaban J connectivity index is 0. The fourth-order valence-electron chi connectivity index (χ4n) is 1.11. The van der Waals surface area contributed by atoms with Crippen molar-refractivity contribution in [1.82, 2.24) is 0 Å². The van der Waals surface area contributed by atoms with E-state index in [1.54, 1.807) is 0 Å². The van der Waals surface area contributed by atoms with Gasteiger partial charge in [0.2, 0.25) is 0 Å². The number of aliphatic hydroxyl groups is 2. The molecule has 0 aromatic carbocycles. The highest BCUT2D eigenvalue weighted by Gasteiger charge is 1.95. The second-order valence-corrected chi connectivity index (χ2v) is 3.04. The van der Waals surface area contributed by atoms with E-state index in [9.17, 15) is 0 Å². The molecule has 0 rings (SSSR count). The average Bonchev–Trinajstić information content (AvgIpc) is 1.96. The molecule has 0 amide bonds. The maximum atomic E-state index is 8.51. The minimum Gasteiger partial charge on any atom is -0.368 e. The van der Waals surface area contributed by atoms with Gasteiger partial charge < -0.3 is 10.2 Å². The van der Waals surface area contributed by atoms with Gasteiger partial charge in [-0.05, 0) is 12.8 Å². The Morgan fingerprint density at radius 1 is 0.917 bits per heavy atom. The summed E-state index contributed by atoms with van der Waals surface area (Å²) < 4.78 is 0. The summed E-state index contributed by atoms with van der Waals surface area (Å²) in [7, 11) is 0. The first-order valence-electron chi connectivity index (χ1n) is 4.63. The number of hydrogen-bond donors (Lipinski definition) is 2. The molecule has 0 aromatic heterocycles. The van der Waals surface area contributed by atoms with Gasteiger partial charge in [0.1, 0.15) is 0 Å². The molecule has 0 aromatic rings. The second-order valence-electron chi connectivity index (χ2n) is 3.04. The van der Waals surface area contributed by atoms with Gasteiger partial charge in [0, 0.05) is 0 Å². The van der Waals surface area contributed by atoms with Gasteiger partial charge in [-0.1, -0.05) is 39.0 Å². The molecule has 76 valence electrons. The summed E-state index contributed by atoms with van der Waals surface area (Å²) in [5.74, 6) is 0. The zero-order valence-corrected chi connectivity index (χ0v) is 8.65. The van der Waals surface area contributed by atoms with Gasteiger partial charge in [-0.15, -0.1) is 12.4 Å². The number of hydrogen-bond acceptors (Lipinski definition) is 2. The van der Waals surface area contributed by atoms with Crippen LogP contribution in [0.25, 0.3) is 0 Å². The molecule has 0 aliphatic rings. The van der Waals surface area contributed by atoms with Crippen molar-refractivity contribution in [3.05, 3.63) is 0 Å². The number of aliphatic hydroxyl groups excluding tert-OH is 1. The Kier molecular flexibility index (Phi) is 13.7. The number of halogens is 1. The Hall–Kier alpha value is 0.210. The van der Waals surface area contributed by atoms with Crippen LogP contribution in [0, 0.1) is 0 Å². The monoisotopic (exact) mass is 196 g/mol. The highest BCUT2D eigenvalue weighted by atomic mass is 35.5. The molecule has 2 N–H and O–H groups in total. The molecule has 0 aliphatic carbocycles. The molecule has 0 atom stereocenters. The van der Waals surface area contributed by atoms with Crippen molar-refractivity contribution in [3.8, 4) is 0 Å². The van der Waals surface area contributed by atoms with Gasteiger partial charge in [0.15, 0.2) is 6.29 Å². The van der Waals surface area contributed by atoms with Gasteiger partial charge in [0.05, 0.1) is 0 Å². The van der Waals surface area contributed by atoms with Crippen LogP contribution in [0.4, 0.5) is 0 Å². The van der Waals surface area contributed by atoms with Gasteiger partial charge in [0.25, 0.3) is 0 Å². The second kappa shape index (κ2) is 11.2. The SMILES string of the molecule is CCCCCCCCC(O)O.Cl. The maximum Gasteiger partial charge on any atom is 0.151 e. The largest absolute Gasteiger partial charge is 0.368 e. The molecular formula is C9H21ClO2. The molecular weight excluding hydrogens is 176 g/mol. The van der Waals surface area contributed by atoms with E-state index in [4.69, 9.17) is 10.2 Å². The fraction of sp³-hybridized carbons (Fsp3) is 1.00. The molecule has 0 aliphatic heterocycles. The summed E-state index contributed by atoms with van der Waals surface area (Å²) in [5.41, 5.74) is 0. The van der Waals surface area contributed by atoms with Crippen LogP contribution in [0.2, 0.25) is 0 Å². The Bertz CT molecular complexity index is 76.9. The lowest BCUT2D eigenvalue weighted by atomic mass is 10.1. The third kappa shape index (κ3) is 12.8. The average molecular weight is 197 g/mol. The highest BCUT2D eigenvalue weighted by molar-refractivity contribution is 5.85. The van der Waals surface area contributed by atoms with Crippen molar-refractivity contribution in [2.45, 2.75) is 58.2 Å². The predicted octanol–water partition coefficient (Wildman–Crippen LogP) is 2.47. The molecule has 2 nitrogen and oxygen atoms in total. The summed E-state index contributed by atoms with van der Waals surface area (Å²) >= 11 is 0. The summed E-state index contributed by atoms with van der Waals surface area (Å²) in [4.78, 5) is 0. The van der Waals surface area contributed by atoms with E-state index >= 15 is 0 Å². The van der Waals surface area contributed by atoms with Crippen molar-refractivity contribution in [2.75, 3.05) is 0 Å². The topological polar surface area (TPSA) is 40.5 Å². The fourth-order valence-corrected chi connectivity index (χ4v) is 1.11. The van der Waals surface area contributed by atoms with E-state index in [-0.39, 0.29) is 12.4 Å². The Morgan fingerprint density at radius 2 is 1.42 bits per heavy atom. The number of rotatable bonds is 7. The zero-order valence-electron chi connectivity index (χ0n) is 7.83. The molecule has 0 bridgehead atoms. The minimum atomic E-state index is -1.10. The van der Waals surface area contributed by atoms with Crippen molar-refractivity contribution < 1.29 is 10.2 Å². The predicted molar refractivity (Wildman–Crippen MR) is 53.5 cm³/mol. The van der Waals surface area contributed by atoms with Gasteiger partial charge in [-0.3, -0.25) is 0 Å². The van der Waals surface area contributed by atoms with E-state index in [1.165, 1.54) is 25.7 Å². The van der Waals surface area contributed by atoms with Crippen molar-refractivity contribution in [1.29, 1.82) is 0 Å². The molecule has 0 saturated heterocycles. The molecule has 3 heteroatoms. The van der Waals surface area contributed by atoms with E-state index in [0.29, 0.717) is 6.42 Å². The quantitative estimate of drug-likeness (QED) is 0.485. The molecule has 0 heterocycles. The molecule has 0 saturated carbocycles. The molecule has 0 fully saturated rings. The maximum absolute atomic E-state index is 8.51. The van der Waals surface area contributed by atoms with Crippen LogP contribution in [0.5, 0.6) is 0 Å². The van der Waals surface area contributed by atoms with Crippen molar-refractivity contribution >= 4 is 12.4 Å². The lowest BCUT2D eigenvalue weighted by Crippen LogP contribution is -2.02. The highest BCUT2D eigenvalue weighted by Crippen LogP contribution is 2.07. The number of unbranched alkanes of at least 4 members (excludes halogenated alkanes) is 5. The van der Waals surface area contributed by atoms with E-state index in [2.05, 4.69) is 6.92 Å². The zero-order chi connectivity index (χ0) is 8.53. The van der Waals surface area contributed by atoms with Gasteiger partial charge in [-0.25, -0.2) is 0 Å². The van der Waals surface area contributed by atoms with E-state index in [1.807, 2.05) is 0 Å². The van der Waals surface area contributed by atoms with E-state index in [0.717, 1.165) is 12.8 Å². The van der Waals surface area contributed by atoms with Crippen LogP contribution in [0.1, 0.15) is 51.9 Å². The van der Waals surface area contributed by atoms with Crippen LogP contribution in [-0.2, 0) is 0 Å². The normalized spacial score (nSPS) is 10.0. The van der Waals surface area contributed by atoms with Crippen LogP contribution in [0.3, 0.4) is 0 Å². The molecule has 0 radical (unpaired) electrons. The lowest BCUT2D eigenvalue weighted by Gasteiger charge is -2.02. The van der Waals surface area contributed by atoms with Gasteiger partial charge in [-0.2, -0.15) is 0 Å². The van der Waals surface area contributed by atoms with Gasteiger partial charge >= 0.3 is 0 Å². The third-order valence-corrected chi connectivity index (χ3v) is 1.82. The minimum absolute atomic E-state index is 0. The summed E-state index contributed by atoms with van der Waals surface area (Å²) in [6.45, 7) is 2.19. The molecule has 0 spiro atoms. The Labute approximate surface area is 81.4 Å². The first-order chi connectivity index (χ1) is 5.27. The van der Waals surface area contributed by atoms with Crippen LogP contribution >= 0.6 is 12.4 Å². The summed E-state index contributed by atoms with van der Waals surface area (Å²) in [6.07, 6.45) is 6.62. The van der Waals surface area contributed by atoms with Crippen LogP contribution < -0.4 is 0 Å². The summed E-state index contributed by atoms with van der Waals surface area (Å²) in [6, 6.07) is 0. The summed E-state index contributed by atoms with van der Waals surface area (Å²) in [5, 5.41) is 17.0. The third-order valence-electron chi connectivity index (χ3n) is 1.82. The molecule has 0 unspecified atom stereocenters. The smallest absolute Gasteiger partial charge is 0.151 e. The van der Waals surface area contributed by atoms with Crippen LogP contribution in [0.15, 0.2) is 0 Å². The van der Waals surface area contributed by atoms with Crippen molar-refractivity contribution in [2.24, 2.45) is 0 Å². The molecule has 12 heavy (non-hydrogen) atoms. The van der Waals surface area contributed by atoms with Crippen LogP contribution in [-0.4, -0.2) is 16.5 Å².